The van der Waals surface area contributed by atoms with Crippen LogP contribution in [0.2, 0.25) is 0 Å². The number of phosphoric ester groups is 1. The summed E-state index contributed by atoms with van der Waals surface area (Å²) in [5.41, 5.74) is 0. The monoisotopic (exact) mass is 1010 g/mol. The SMILES string of the molecule is CCCCCCCCCCCCCCCC/C=C\CC/C=C/CCCC(=O)OC[C@H](COP(=O)(O)OCC[N+](C)(C)C)OC(=O)CCC/C=C/CC/C=C\CCCCCCCCCCCCCCCC. The van der Waals surface area contributed by atoms with Crippen molar-refractivity contribution in [3.63, 3.8) is 0 Å². The second-order valence-electron chi connectivity index (χ2n) is 21.0. The van der Waals surface area contributed by atoms with Crippen LogP contribution in [0.4, 0.5) is 0 Å². The summed E-state index contributed by atoms with van der Waals surface area (Å²) in [6, 6.07) is 0. The molecule has 0 saturated carbocycles. The molecule has 410 valence electrons. The first-order valence-electron chi connectivity index (χ1n) is 29.4. The van der Waals surface area contributed by atoms with E-state index in [1.807, 2.05) is 21.1 Å². The van der Waals surface area contributed by atoms with Crippen molar-refractivity contribution in [3.05, 3.63) is 48.6 Å². The van der Waals surface area contributed by atoms with Gasteiger partial charge in [0.2, 0.25) is 0 Å². The first-order valence-corrected chi connectivity index (χ1v) is 30.9. The van der Waals surface area contributed by atoms with Crippen LogP contribution in [0.25, 0.3) is 0 Å². The van der Waals surface area contributed by atoms with Gasteiger partial charge in [-0.3, -0.25) is 18.6 Å². The molecule has 0 aliphatic heterocycles. The van der Waals surface area contributed by atoms with Crippen molar-refractivity contribution in [1.29, 1.82) is 0 Å². The third-order valence-corrected chi connectivity index (χ3v) is 13.8. The van der Waals surface area contributed by atoms with E-state index in [1.54, 1.807) is 0 Å². The Kier molecular flexibility index (Phi) is 50.4. The first-order chi connectivity index (χ1) is 34.0. The van der Waals surface area contributed by atoms with Crippen LogP contribution in [0, 0.1) is 0 Å². The van der Waals surface area contributed by atoms with Crippen molar-refractivity contribution >= 4 is 19.8 Å². The lowest BCUT2D eigenvalue weighted by Gasteiger charge is -2.24. The number of likely N-dealkylation sites (N-methyl/N-ethyl adjacent to an activating group) is 1. The van der Waals surface area contributed by atoms with Crippen molar-refractivity contribution in [2.24, 2.45) is 0 Å². The number of hydrogen-bond donors (Lipinski definition) is 1. The highest BCUT2D eigenvalue weighted by Crippen LogP contribution is 2.43. The minimum atomic E-state index is -4.40. The molecule has 0 aliphatic rings. The highest BCUT2D eigenvalue weighted by atomic mass is 31.2. The van der Waals surface area contributed by atoms with Crippen LogP contribution in [0.5, 0.6) is 0 Å². The standard InChI is InChI=1S/C60H112NO8P/c1-6-8-10-12-14-16-18-20-22-24-26-28-30-32-34-36-38-40-42-44-46-48-50-52-59(62)66-56-58(57-68-70(64,65)67-55-54-61(3,4)5)69-60(63)53-51-49-47-45-43-41-39-37-35-33-31-29-27-25-23-21-19-17-15-13-11-9-7-2/h36-39,44-47,58H,6-35,40-43,48-57H2,1-5H3/p+1/b38-36-,39-37-,46-44+,47-45+/t58-/m1/s1. The topological polar surface area (TPSA) is 108 Å². The quantitative estimate of drug-likeness (QED) is 0.0211. The zero-order valence-electron chi connectivity index (χ0n) is 46.5. The highest BCUT2D eigenvalue weighted by molar-refractivity contribution is 7.47. The number of quaternary nitrogens is 1. The number of phosphoric acid groups is 1. The van der Waals surface area contributed by atoms with Crippen LogP contribution in [0.1, 0.15) is 271 Å². The maximum absolute atomic E-state index is 12.8. The molecule has 0 spiro atoms. The lowest BCUT2D eigenvalue weighted by atomic mass is 10.0. The highest BCUT2D eigenvalue weighted by Gasteiger charge is 2.27. The molecule has 0 radical (unpaired) electrons. The Morgan fingerprint density at radius 1 is 0.429 bits per heavy atom. The fraction of sp³-hybridized carbons (Fsp3) is 0.833. The molecule has 0 heterocycles. The van der Waals surface area contributed by atoms with E-state index in [2.05, 4.69) is 62.5 Å². The number of esters is 2. The van der Waals surface area contributed by atoms with Crippen LogP contribution in [0.15, 0.2) is 48.6 Å². The number of nitrogens with zero attached hydrogens (tertiary/aromatic N) is 1. The van der Waals surface area contributed by atoms with E-state index in [9.17, 15) is 19.0 Å². The molecule has 1 unspecified atom stereocenters. The maximum Gasteiger partial charge on any atom is 0.472 e. The summed E-state index contributed by atoms with van der Waals surface area (Å²) in [5, 5.41) is 0. The van der Waals surface area contributed by atoms with Crippen LogP contribution in [-0.4, -0.2) is 74.9 Å². The number of ether oxygens (including phenoxy) is 2. The number of carbonyl (C=O) groups is 2. The Morgan fingerprint density at radius 3 is 1.10 bits per heavy atom. The van der Waals surface area contributed by atoms with Gasteiger partial charge in [0.05, 0.1) is 27.7 Å². The lowest BCUT2D eigenvalue weighted by Crippen LogP contribution is -2.37. The van der Waals surface area contributed by atoms with Crippen LogP contribution >= 0.6 is 7.82 Å². The van der Waals surface area contributed by atoms with Crippen LogP contribution in [0.3, 0.4) is 0 Å². The summed E-state index contributed by atoms with van der Waals surface area (Å²) < 4.78 is 34.5. The Bertz CT molecular complexity index is 1320. The lowest BCUT2D eigenvalue weighted by molar-refractivity contribution is -0.870. The van der Waals surface area contributed by atoms with Gasteiger partial charge in [0.25, 0.3) is 0 Å². The van der Waals surface area contributed by atoms with Gasteiger partial charge >= 0.3 is 19.8 Å². The van der Waals surface area contributed by atoms with Gasteiger partial charge < -0.3 is 18.9 Å². The summed E-state index contributed by atoms with van der Waals surface area (Å²) in [5.74, 6) is -0.889. The number of hydrogen-bond acceptors (Lipinski definition) is 7. The van der Waals surface area contributed by atoms with Gasteiger partial charge in [-0.1, -0.05) is 229 Å². The van der Waals surface area contributed by atoms with Gasteiger partial charge in [0.1, 0.15) is 19.8 Å². The fourth-order valence-corrected chi connectivity index (χ4v) is 8.97. The number of unbranched alkanes of at least 4 members (excludes halogenated alkanes) is 32. The summed E-state index contributed by atoms with van der Waals surface area (Å²) in [4.78, 5) is 35.6. The number of allylic oxidation sites excluding steroid dienone is 8. The number of rotatable bonds is 54. The van der Waals surface area contributed by atoms with E-state index in [0.29, 0.717) is 23.9 Å². The second-order valence-corrected chi connectivity index (χ2v) is 22.5. The van der Waals surface area contributed by atoms with E-state index >= 15 is 0 Å². The first kappa shape index (κ1) is 68.0. The zero-order valence-corrected chi connectivity index (χ0v) is 47.4. The average molecular weight is 1010 g/mol. The number of carbonyl (C=O) groups excluding carboxylic acids is 2. The normalized spacial score (nSPS) is 13.6. The predicted molar refractivity (Wildman–Crippen MR) is 298 cm³/mol. The van der Waals surface area contributed by atoms with Crippen molar-refractivity contribution in [2.75, 3.05) is 47.5 Å². The van der Waals surface area contributed by atoms with Crippen molar-refractivity contribution in [3.8, 4) is 0 Å². The molecule has 0 bridgehead atoms. The molecule has 70 heavy (non-hydrogen) atoms. The Morgan fingerprint density at radius 2 is 0.743 bits per heavy atom. The summed E-state index contributed by atoms with van der Waals surface area (Å²) >= 11 is 0. The fourth-order valence-electron chi connectivity index (χ4n) is 8.23. The molecular weight excluding hydrogens is 894 g/mol. The minimum Gasteiger partial charge on any atom is -0.462 e. The molecule has 0 aromatic carbocycles. The van der Waals surface area contributed by atoms with Gasteiger partial charge in [-0.25, -0.2) is 4.57 Å². The van der Waals surface area contributed by atoms with Gasteiger partial charge in [-0.05, 0) is 77.0 Å². The van der Waals surface area contributed by atoms with E-state index in [-0.39, 0.29) is 26.1 Å². The molecule has 2 atom stereocenters. The van der Waals surface area contributed by atoms with Crippen molar-refractivity contribution in [1.82, 2.24) is 0 Å². The molecule has 0 saturated heterocycles. The minimum absolute atomic E-state index is 0.0186. The smallest absolute Gasteiger partial charge is 0.462 e. The Labute approximate surface area is 433 Å². The van der Waals surface area contributed by atoms with Crippen molar-refractivity contribution in [2.45, 2.75) is 277 Å². The Hall–Kier alpha value is -2.03. The third-order valence-electron chi connectivity index (χ3n) is 12.8. The summed E-state index contributed by atoms with van der Waals surface area (Å²) in [6.07, 6.45) is 65.0. The Balaban J connectivity index is 4.26. The maximum atomic E-state index is 12.8. The van der Waals surface area contributed by atoms with E-state index in [1.165, 1.54) is 180 Å². The molecule has 1 N–H and O–H groups in total. The second kappa shape index (κ2) is 51.9. The van der Waals surface area contributed by atoms with Crippen LogP contribution in [-0.2, 0) is 32.7 Å². The molecule has 9 nitrogen and oxygen atoms in total. The van der Waals surface area contributed by atoms with Gasteiger partial charge in [0.15, 0.2) is 6.10 Å². The molecular formula is C60H113NO8P+. The van der Waals surface area contributed by atoms with Gasteiger partial charge in [-0.2, -0.15) is 0 Å². The molecule has 0 aromatic heterocycles. The summed E-state index contributed by atoms with van der Waals surface area (Å²) in [6.45, 7) is 4.39. The van der Waals surface area contributed by atoms with Gasteiger partial charge in [0, 0.05) is 12.8 Å². The molecule has 10 heteroatoms. The average Bonchev–Trinajstić information content (AvgIpc) is 3.32. The molecule has 0 aromatic rings. The van der Waals surface area contributed by atoms with Gasteiger partial charge in [-0.15, -0.1) is 0 Å². The predicted octanol–water partition coefficient (Wildman–Crippen LogP) is 18.1. The van der Waals surface area contributed by atoms with E-state index < -0.39 is 32.5 Å². The largest absolute Gasteiger partial charge is 0.472 e. The molecule has 0 rings (SSSR count). The third kappa shape index (κ3) is 55.3. The molecule has 0 amide bonds. The molecule has 0 aliphatic carbocycles. The molecule has 0 fully saturated rings. The van der Waals surface area contributed by atoms with E-state index in [0.717, 1.165) is 51.4 Å². The van der Waals surface area contributed by atoms with Crippen molar-refractivity contribution < 1.29 is 42.1 Å². The van der Waals surface area contributed by atoms with E-state index in [4.69, 9.17) is 18.5 Å². The van der Waals surface area contributed by atoms with Crippen LogP contribution < -0.4 is 0 Å². The summed E-state index contributed by atoms with van der Waals surface area (Å²) in [7, 11) is 1.44. The zero-order chi connectivity index (χ0) is 51.3.